The molecule has 0 fully saturated rings. The third kappa shape index (κ3) is 5.83. The largest absolute Gasteiger partial charge is 0.346 e. The molecule has 0 saturated carbocycles. The van der Waals surface area contributed by atoms with Gasteiger partial charge in [-0.3, -0.25) is 9.59 Å². The smallest absolute Gasteiger partial charge is 0.243 e. The van der Waals surface area contributed by atoms with Crippen LogP contribution in [-0.2, 0) is 16.1 Å². The van der Waals surface area contributed by atoms with E-state index < -0.39 is 0 Å². The van der Waals surface area contributed by atoms with Gasteiger partial charge in [0.2, 0.25) is 11.8 Å². The molecule has 1 rings (SSSR count). The number of likely N-dealkylation sites (N-methyl/N-ethyl adjacent to an activating group) is 1. The molecule has 2 amide bonds. The molecule has 1 aromatic carbocycles. The van der Waals surface area contributed by atoms with Crippen molar-refractivity contribution in [1.29, 1.82) is 0 Å². The molecule has 122 valence electrons. The van der Waals surface area contributed by atoms with E-state index in [0.29, 0.717) is 5.69 Å². The second kappa shape index (κ2) is 9.17. The molecule has 22 heavy (non-hydrogen) atoms. The Morgan fingerprint density at radius 2 is 1.73 bits per heavy atom. The van der Waals surface area contributed by atoms with E-state index >= 15 is 0 Å². The van der Waals surface area contributed by atoms with E-state index in [1.54, 1.807) is 7.05 Å². The van der Waals surface area contributed by atoms with Gasteiger partial charge in [0.15, 0.2) is 0 Å². The van der Waals surface area contributed by atoms with Gasteiger partial charge in [-0.05, 0) is 37.7 Å². The molecule has 0 spiro atoms. The lowest BCUT2D eigenvalue weighted by molar-refractivity contribution is -0.126. The molecule has 4 N–H and O–H groups in total. The first-order valence-electron chi connectivity index (χ1n) is 7.46. The quantitative estimate of drug-likeness (QED) is 0.570. The summed E-state index contributed by atoms with van der Waals surface area (Å²) in [5, 5.41) is 11.4. The van der Waals surface area contributed by atoms with Crippen molar-refractivity contribution >= 4 is 17.5 Å². The maximum atomic E-state index is 11.9. The number of amides is 2. The Morgan fingerprint density at radius 1 is 1.09 bits per heavy atom. The number of hydrogen-bond acceptors (Lipinski definition) is 4. The lowest BCUT2D eigenvalue weighted by Gasteiger charge is -2.19. The maximum absolute atomic E-state index is 11.9. The average Bonchev–Trinajstić information content (AvgIpc) is 2.48. The molecule has 0 bridgehead atoms. The van der Waals surface area contributed by atoms with Crippen LogP contribution in [0.1, 0.15) is 19.4 Å². The third-order valence-electron chi connectivity index (χ3n) is 3.30. The van der Waals surface area contributed by atoms with Crippen LogP contribution in [0.3, 0.4) is 0 Å². The summed E-state index contributed by atoms with van der Waals surface area (Å²) in [4.78, 5) is 23.8. The molecule has 6 nitrogen and oxygen atoms in total. The SMILES string of the molecule is CNCc1ccc(NC(=O)CNC(=O)C(NC)C(C)C)cc1. The van der Waals surface area contributed by atoms with E-state index in [2.05, 4.69) is 21.3 Å². The summed E-state index contributed by atoms with van der Waals surface area (Å²) >= 11 is 0. The number of benzene rings is 1. The van der Waals surface area contributed by atoms with Gasteiger partial charge in [-0.15, -0.1) is 0 Å². The zero-order chi connectivity index (χ0) is 16.5. The first-order valence-corrected chi connectivity index (χ1v) is 7.46. The monoisotopic (exact) mass is 306 g/mol. The van der Waals surface area contributed by atoms with Crippen LogP contribution >= 0.6 is 0 Å². The molecule has 0 aliphatic heterocycles. The van der Waals surface area contributed by atoms with Gasteiger partial charge in [0, 0.05) is 12.2 Å². The standard InChI is InChI=1S/C16H26N4O2/c1-11(2)15(18-4)16(22)19-10-14(21)20-13-7-5-12(6-8-13)9-17-3/h5-8,11,15,17-18H,9-10H2,1-4H3,(H,19,22)(H,20,21). The minimum absolute atomic E-state index is 0.0397. The summed E-state index contributed by atoms with van der Waals surface area (Å²) in [5.74, 6) is -0.252. The maximum Gasteiger partial charge on any atom is 0.243 e. The summed E-state index contributed by atoms with van der Waals surface area (Å²) in [7, 11) is 3.62. The number of rotatable bonds is 8. The molecule has 0 aliphatic carbocycles. The van der Waals surface area contributed by atoms with Gasteiger partial charge in [-0.25, -0.2) is 0 Å². The van der Waals surface area contributed by atoms with Crippen molar-refractivity contribution in [2.75, 3.05) is 26.0 Å². The van der Waals surface area contributed by atoms with E-state index in [1.165, 1.54) is 0 Å². The van der Waals surface area contributed by atoms with Gasteiger partial charge in [0.25, 0.3) is 0 Å². The van der Waals surface area contributed by atoms with Crippen LogP contribution in [-0.4, -0.2) is 38.5 Å². The molecule has 0 heterocycles. The van der Waals surface area contributed by atoms with Gasteiger partial charge < -0.3 is 21.3 Å². The number of hydrogen-bond donors (Lipinski definition) is 4. The van der Waals surface area contributed by atoms with E-state index in [1.807, 2.05) is 45.2 Å². The molecular weight excluding hydrogens is 280 g/mol. The van der Waals surface area contributed by atoms with E-state index in [-0.39, 0.29) is 30.3 Å². The highest BCUT2D eigenvalue weighted by molar-refractivity contribution is 5.95. The fraction of sp³-hybridized carbons (Fsp3) is 0.500. The molecule has 1 aromatic rings. The first-order chi connectivity index (χ1) is 10.5. The van der Waals surface area contributed by atoms with Gasteiger partial charge in [0.1, 0.15) is 0 Å². The van der Waals surface area contributed by atoms with E-state index in [0.717, 1.165) is 12.1 Å². The number of nitrogens with one attached hydrogen (secondary N) is 4. The van der Waals surface area contributed by atoms with Crippen molar-refractivity contribution in [1.82, 2.24) is 16.0 Å². The zero-order valence-corrected chi connectivity index (χ0v) is 13.7. The van der Waals surface area contributed by atoms with E-state index in [4.69, 9.17) is 0 Å². The van der Waals surface area contributed by atoms with Gasteiger partial charge in [0.05, 0.1) is 12.6 Å². The Hall–Kier alpha value is -1.92. The molecule has 0 aliphatic rings. The molecular formula is C16H26N4O2. The molecule has 0 saturated heterocycles. The molecule has 1 atom stereocenters. The predicted octanol–water partition coefficient (Wildman–Crippen LogP) is 0.705. The van der Waals surface area contributed by atoms with Crippen LogP contribution < -0.4 is 21.3 Å². The Balaban J connectivity index is 2.44. The lowest BCUT2D eigenvalue weighted by atomic mass is 10.0. The second-order valence-corrected chi connectivity index (χ2v) is 5.50. The van der Waals surface area contributed by atoms with Crippen molar-refractivity contribution in [3.63, 3.8) is 0 Å². The van der Waals surface area contributed by atoms with Gasteiger partial charge in [-0.1, -0.05) is 26.0 Å². The Bertz CT molecular complexity index is 485. The first kappa shape index (κ1) is 18.1. The van der Waals surface area contributed by atoms with E-state index in [9.17, 15) is 9.59 Å². The van der Waals surface area contributed by atoms with Crippen LogP contribution in [0.4, 0.5) is 5.69 Å². The second-order valence-electron chi connectivity index (χ2n) is 5.50. The zero-order valence-electron chi connectivity index (χ0n) is 13.7. The van der Waals surface area contributed by atoms with Gasteiger partial charge in [-0.2, -0.15) is 0 Å². The highest BCUT2D eigenvalue weighted by Crippen LogP contribution is 2.09. The normalized spacial score (nSPS) is 12.0. The lowest BCUT2D eigenvalue weighted by Crippen LogP contribution is -2.47. The minimum Gasteiger partial charge on any atom is -0.346 e. The summed E-state index contributed by atoms with van der Waals surface area (Å²) in [6.07, 6.45) is 0. The average molecular weight is 306 g/mol. The van der Waals surface area contributed by atoms with Crippen molar-refractivity contribution < 1.29 is 9.59 Å². The van der Waals surface area contributed by atoms with Crippen LogP contribution in [0.5, 0.6) is 0 Å². The number of carbonyl (C=O) groups is 2. The van der Waals surface area contributed by atoms with Crippen molar-refractivity contribution in [2.24, 2.45) is 5.92 Å². The fourth-order valence-electron chi connectivity index (χ4n) is 2.16. The van der Waals surface area contributed by atoms with Crippen LogP contribution in [0.15, 0.2) is 24.3 Å². The summed E-state index contributed by atoms with van der Waals surface area (Å²) in [6.45, 7) is 4.65. The molecule has 0 aromatic heterocycles. The van der Waals surface area contributed by atoms with Crippen LogP contribution in [0.25, 0.3) is 0 Å². The van der Waals surface area contributed by atoms with Crippen molar-refractivity contribution in [3.8, 4) is 0 Å². The van der Waals surface area contributed by atoms with Gasteiger partial charge >= 0.3 is 0 Å². The summed E-state index contributed by atoms with van der Waals surface area (Å²) in [6, 6.07) is 7.28. The summed E-state index contributed by atoms with van der Waals surface area (Å²) < 4.78 is 0. The van der Waals surface area contributed by atoms with Crippen LogP contribution in [0, 0.1) is 5.92 Å². The van der Waals surface area contributed by atoms with Crippen molar-refractivity contribution in [3.05, 3.63) is 29.8 Å². The summed E-state index contributed by atoms with van der Waals surface area (Å²) in [5.41, 5.74) is 1.86. The third-order valence-corrected chi connectivity index (χ3v) is 3.30. The Labute approximate surface area is 132 Å². The minimum atomic E-state index is -0.298. The van der Waals surface area contributed by atoms with Crippen molar-refractivity contribution in [2.45, 2.75) is 26.4 Å². The highest BCUT2D eigenvalue weighted by atomic mass is 16.2. The molecule has 0 radical (unpaired) electrons. The van der Waals surface area contributed by atoms with Crippen LogP contribution in [0.2, 0.25) is 0 Å². The Morgan fingerprint density at radius 3 is 2.23 bits per heavy atom. The number of carbonyl (C=O) groups excluding carboxylic acids is 2. The highest BCUT2D eigenvalue weighted by Gasteiger charge is 2.20. The fourth-order valence-corrected chi connectivity index (χ4v) is 2.16. The Kier molecular flexibility index (Phi) is 7.56. The molecule has 1 unspecified atom stereocenters. The topological polar surface area (TPSA) is 82.3 Å². The predicted molar refractivity (Wildman–Crippen MR) is 88.5 cm³/mol. The molecule has 6 heteroatoms. The number of anilines is 1.